The van der Waals surface area contributed by atoms with Crippen LogP contribution >= 0.6 is 0 Å². The molecule has 1 aliphatic rings. The van der Waals surface area contributed by atoms with Crippen LogP contribution in [0.15, 0.2) is 0 Å². The summed E-state index contributed by atoms with van der Waals surface area (Å²) in [6, 6.07) is 0. The van der Waals surface area contributed by atoms with Gasteiger partial charge in [0.05, 0.1) is 0 Å². The van der Waals surface area contributed by atoms with Gasteiger partial charge < -0.3 is 0 Å². The van der Waals surface area contributed by atoms with Gasteiger partial charge in [-0.15, -0.1) is 4.39 Å². The summed E-state index contributed by atoms with van der Waals surface area (Å²) in [6.07, 6.45) is 3.56. The van der Waals surface area contributed by atoms with Crippen molar-refractivity contribution in [3.05, 3.63) is 0 Å². The van der Waals surface area contributed by atoms with Crippen molar-refractivity contribution in [2.45, 2.75) is 12.8 Å². The van der Waals surface area contributed by atoms with Crippen LogP contribution in [0, 0.1) is 29.9 Å². The summed E-state index contributed by atoms with van der Waals surface area (Å²) in [5, 5.41) is 0. The predicted octanol–water partition coefficient (Wildman–Crippen LogP) is 1.33. The zero-order valence-corrected chi connectivity index (χ0v) is 4.37. The van der Waals surface area contributed by atoms with E-state index >= 15 is 0 Å². The quantitative estimate of drug-likeness (QED) is 0.411. The Morgan fingerprint density at radius 1 is 1.25 bits per heavy atom. The van der Waals surface area contributed by atoms with Crippen LogP contribution < -0.4 is 0 Å². The van der Waals surface area contributed by atoms with Gasteiger partial charge >= 0.3 is 0 Å². The van der Waals surface area contributed by atoms with E-state index in [4.69, 9.17) is 0 Å². The highest BCUT2D eigenvalue weighted by Gasteiger charge is 2.17. The fourth-order valence-corrected chi connectivity index (χ4v) is 0.389. The third-order valence-corrected chi connectivity index (χ3v) is 0.963. The van der Waals surface area contributed by atoms with E-state index in [-0.39, 0.29) is 0 Å². The molecule has 0 spiro atoms. The van der Waals surface area contributed by atoms with Crippen LogP contribution in [-0.4, -0.2) is 0 Å². The van der Waals surface area contributed by atoms with Crippen molar-refractivity contribution in [1.29, 1.82) is 0 Å². The monoisotopic (exact) mass is 108 g/mol. The highest BCUT2D eigenvalue weighted by Crippen LogP contribution is 2.27. The summed E-state index contributed by atoms with van der Waals surface area (Å²) in [4.78, 5) is 0. The summed E-state index contributed by atoms with van der Waals surface area (Å²) in [5.74, 6) is 7.77. The standard InChI is InChI=1S/C7H5F/c8-6-2-1-3-7-4-5-7/h7H,4-5H2. The van der Waals surface area contributed by atoms with Crippen molar-refractivity contribution in [3.8, 4) is 23.9 Å². The number of halogens is 1. The molecule has 0 aromatic carbocycles. The molecule has 0 heterocycles. The van der Waals surface area contributed by atoms with E-state index in [1.54, 1.807) is 0 Å². The van der Waals surface area contributed by atoms with Crippen molar-refractivity contribution in [3.63, 3.8) is 0 Å². The van der Waals surface area contributed by atoms with Crippen molar-refractivity contribution >= 4 is 0 Å². The molecule has 1 heteroatoms. The molecule has 0 aromatic rings. The van der Waals surface area contributed by atoms with Crippen molar-refractivity contribution < 1.29 is 4.39 Å². The van der Waals surface area contributed by atoms with Crippen LogP contribution in [0.25, 0.3) is 0 Å². The summed E-state index contributed by atoms with van der Waals surface area (Å²) in [6.45, 7) is 0. The first kappa shape index (κ1) is 5.19. The Balaban J connectivity index is 2.31. The minimum absolute atomic E-state index is 0.524. The molecule has 1 rings (SSSR count). The average molecular weight is 108 g/mol. The zero-order chi connectivity index (χ0) is 5.82. The molecule has 1 aliphatic carbocycles. The van der Waals surface area contributed by atoms with Crippen LogP contribution in [0.3, 0.4) is 0 Å². The molecule has 0 amide bonds. The zero-order valence-electron chi connectivity index (χ0n) is 4.37. The van der Waals surface area contributed by atoms with E-state index in [9.17, 15) is 4.39 Å². The smallest absolute Gasteiger partial charge is 0.119 e. The lowest BCUT2D eigenvalue weighted by Gasteiger charge is -1.62. The van der Waals surface area contributed by atoms with Gasteiger partial charge in [-0.25, -0.2) is 0 Å². The van der Waals surface area contributed by atoms with Crippen LogP contribution in [0.5, 0.6) is 0 Å². The Bertz CT molecular complexity index is 180. The first-order valence-corrected chi connectivity index (χ1v) is 2.54. The van der Waals surface area contributed by atoms with Gasteiger partial charge in [-0.3, -0.25) is 0 Å². The molecule has 0 N–H and O–H groups in total. The molecular weight excluding hydrogens is 103 g/mol. The molecule has 0 aliphatic heterocycles. The third kappa shape index (κ3) is 1.67. The summed E-state index contributed by atoms with van der Waals surface area (Å²) in [7, 11) is 0. The second-order valence-electron chi connectivity index (χ2n) is 1.76. The van der Waals surface area contributed by atoms with Crippen molar-refractivity contribution in [2.24, 2.45) is 5.92 Å². The Morgan fingerprint density at radius 3 is 2.50 bits per heavy atom. The minimum Gasteiger partial charge on any atom is -0.143 e. The first-order chi connectivity index (χ1) is 3.93. The molecule has 8 heavy (non-hydrogen) atoms. The normalized spacial score (nSPS) is 15.1. The molecule has 0 saturated heterocycles. The van der Waals surface area contributed by atoms with Crippen molar-refractivity contribution in [2.75, 3.05) is 0 Å². The summed E-state index contributed by atoms with van der Waals surface area (Å²) < 4.78 is 11.0. The lowest BCUT2D eigenvalue weighted by atomic mass is 10.4. The van der Waals surface area contributed by atoms with E-state index < -0.39 is 0 Å². The van der Waals surface area contributed by atoms with Crippen molar-refractivity contribution in [1.82, 2.24) is 0 Å². The van der Waals surface area contributed by atoms with Gasteiger partial charge in [0.1, 0.15) is 6.17 Å². The van der Waals surface area contributed by atoms with E-state index in [1.165, 1.54) is 19.0 Å². The van der Waals surface area contributed by atoms with Gasteiger partial charge in [-0.05, 0) is 18.8 Å². The molecular formula is C7H5F. The van der Waals surface area contributed by atoms with Crippen LogP contribution in [0.4, 0.5) is 4.39 Å². The Kier molecular flexibility index (Phi) is 1.55. The summed E-state index contributed by atoms with van der Waals surface area (Å²) in [5.41, 5.74) is 0. The van der Waals surface area contributed by atoms with E-state index in [2.05, 4.69) is 11.8 Å². The summed E-state index contributed by atoms with van der Waals surface area (Å²) >= 11 is 0. The SMILES string of the molecule is FC#CC#CC1CC1. The van der Waals surface area contributed by atoms with Gasteiger partial charge in [0.25, 0.3) is 0 Å². The number of rotatable bonds is 0. The first-order valence-electron chi connectivity index (χ1n) is 2.54. The maximum Gasteiger partial charge on any atom is 0.119 e. The number of hydrogen-bond acceptors (Lipinski definition) is 0. The molecule has 1 fully saturated rings. The molecule has 0 nitrogen and oxygen atoms in total. The van der Waals surface area contributed by atoms with Gasteiger partial charge in [0.15, 0.2) is 0 Å². The molecule has 40 valence electrons. The second-order valence-corrected chi connectivity index (χ2v) is 1.76. The Morgan fingerprint density at radius 2 is 2.00 bits per heavy atom. The molecule has 0 bridgehead atoms. The maximum atomic E-state index is 11.0. The average Bonchev–Trinajstić information content (AvgIpc) is 2.51. The second kappa shape index (κ2) is 2.38. The Labute approximate surface area is 48.1 Å². The fourth-order valence-electron chi connectivity index (χ4n) is 0.389. The molecule has 0 unspecified atom stereocenters. The van der Waals surface area contributed by atoms with Crippen LogP contribution in [0.1, 0.15) is 12.8 Å². The molecule has 0 aromatic heterocycles. The van der Waals surface area contributed by atoms with Gasteiger partial charge in [-0.1, -0.05) is 5.92 Å². The largest absolute Gasteiger partial charge is 0.143 e. The van der Waals surface area contributed by atoms with E-state index in [1.807, 2.05) is 5.92 Å². The highest BCUT2D eigenvalue weighted by atomic mass is 19.1. The van der Waals surface area contributed by atoms with Gasteiger partial charge in [0, 0.05) is 11.8 Å². The lowest BCUT2D eigenvalue weighted by molar-refractivity contribution is 0.774. The Hall–Kier alpha value is -0.950. The third-order valence-electron chi connectivity index (χ3n) is 0.963. The molecule has 1 saturated carbocycles. The minimum atomic E-state index is 0.524. The topological polar surface area (TPSA) is 0 Å². The fraction of sp³-hybridized carbons (Fsp3) is 0.429. The predicted molar refractivity (Wildman–Crippen MR) is 29.4 cm³/mol. The highest BCUT2D eigenvalue weighted by molar-refractivity contribution is 5.26. The molecule has 0 atom stereocenters. The maximum absolute atomic E-state index is 11.0. The lowest BCUT2D eigenvalue weighted by Crippen LogP contribution is -1.58. The van der Waals surface area contributed by atoms with Gasteiger partial charge in [-0.2, -0.15) is 0 Å². The molecule has 0 radical (unpaired) electrons. The number of hydrogen-bond donors (Lipinski definition) is 0. The van der Waals surface area contributed by atoms with E-state index in [0.717, 1.165) is 0 Å². The van der Waals surface area contributed by atoms with E-state index in [0.29, 0.717) is 5.92 Å². The van der Waals surface area contributed by atoms with Crippen LogP contribution in [0.2, 0.25) is 0 Å². The van der Waals surface area contributed by atoms with Gasteiger partial charge in [0.2, 0.25) is 0 Å². The van der Waals surface area contributed by atoms with Crippen LogP contribution in [-0.2, 0) is 0 Å².